The number of nitrogens with zero attached hydrogens (tertiary/aromatic N) is 2. The molecule has 0 radical (unpaired) electrons. The molecule has 0 N–H and O–H groups in total. The largest absolute Gasteiger partial charge is 0.416 e. The van der Waals surface area contributed by atoms with Gasteiger partial charge >= 0.3 is 12.4 Å². The summed E-state index contributed by atoms with van der Waals surface area (Å²) in [6.07, 6.45) is -8.95. The molecule has 0 unspecified atom stereocenters. The van der Waals surface area contributed by atoms with E-state index in [4.69, 9.17) is 0 Å². The number of aromatic nitrogens is 2. The molecule has 0 saturated heterocycles. The number of fused-ring (bicyclic) bond motifs is 1. The van der Waals surface area contributed by atoms with Crippen LogP contribution in [0.1, 0.15) is 22.3 Å². The highest BCUT2D eigenvalue weighted by Crippen LogP contribution is 2.35. The van der Waals surface area contributed by atoms with Crippen molar-refractivity contribution in [2.75, 3.05) is 0 Å². The number of imidazole rings is 1. The van der Waals surface area contributed by atoms with Gasteiger partial charge in [0, 0.05) is 5.75 Å². The molecule has 0 aliphatic heterocycles. The molecule has 166 valence electrons. The van der Waals surface area contributed by atoms with E-state index in [0.717, 1.165) is 29.8 Å². The zero-order valence-corrected chi connectivity index (χ0v) is 17.2. The van der Waals surface area contributed by atoms with E-state index in [0.29, 0.717) is 22.8 Å². The zero-order valence-electron chi connectivity index (χ0n) is 16.4. The maximum Gasteiger partial charge on any atom is 0.416 e. The first-order valence-corrected chi connectivity index (χ1v) is 10.5. The number of rotatable bonds is 5. The minimum Gasteiger partial charge on any atom is -0.314 e. The molecule has 9 heteroatoms. The lowest BCUT2D eigenvalue weighted by molar-refractivity contribution is -0.138. The monoisotopic (exact) mass is 466 g/mol. The summed E-state index contributed by atoms with van der Waals surface area (Å²) in [6, 6.07) is 17.7. The van der Waals surface area contributed by atoms with Crippen LogP contribution >= 0.6 is 11.8 Å². The average molecular weight is 466 g/mol. The van der Waals surface area contributed by atoms with Crippen molar-refractivity contribution < 1.29 is 26.3 Å². The first kappa shape index (κ1) is 22.3. The lowest BCUT2D eigenvalue weighted by Crippen LogP contribution is -2.05. The normalized spacial score (nSPS) is 12.4. The van der Waals surface area contributed by atoms with Gasteiger partial charge in [-0.2, -0.15) is 26.3 Å². The molecule has 2 nitrogen and oxygen atoms in total. The van der Waals surface area contributed by atoms with Gasteiger partial charge in [-0.05, 0) is 35.4 Å². The fourth-order valence-electron chi connectivity index (χ4n) is 3.30. The second-order valence-corrected chi connectivity index (χ2v) is 8.10. The van der Waals surface area contributed by atoms with E-state index >= 15 is 0 Å². The first-order chi connectivity index (χ1) is 15.1. The van der Waals surface area contributed by atoms with Gasteiger partial charge in [-0.3, -0.25) is 0 Å². The minimum absolute atomic E-state index is 0.183. The Labute approximate surface area is 183 Å². The number of alkyl halides is 6. The van der Waals surface area contributed by atoms with Crippen molar-refractivity contribution in [2.24, 2.45) is 0 Å². The van der Waals surface area contributed by atoms with Gasteiger partial charge in [-0.1, -0.05) is 60.3 Å². The molecule has 0 amide bonds. The van der Waals surface area contributed by atoms with Gasteiger partial charge in [-0.25, -0.2) is 4.98 Å². The van der Waals surface area contributed by atoms with Gasteiger partial charge in [0.25, 0.3) is 0 Å². The molecule has 0 spiro atoms. The Bertz CT molecular complexity index is 1230. The van der Waals surface area contributed by atoms with Crippen LogP contribution in [0.2, 0.25) is 0 Å². The van der Waals surface area contributed by atoms with Crippen molar-refractivity contribution in [2.45, 2.75) is 29.8 Å². The lowest BCUT2D eigenvalue weighted by Gasteiger charge is -2.11. The smallest absolute Gasteiger partial charge is 0.314 e. The van der Waals surface area contributed by atoms with Crippen LogP contribution in [0, 0.1) is 0 Å². The summed E-state index contributed by atoms with van der Waals surface area (Å²) < 4.78 is 80.2. The molecule has 4 aromatic rings. The summed E-state index contributed by atoms with van der Waals surface area (Å²) in [5.41, 5.74) is 0.523. The van der Waals surface area contributed by atoms with Crippen molar-refractivity contribution in [3.63, 3.8) is 0 Å². The highest BCUT2D eigenvalue weighted by molar-refractivity contribution is 7.98. The van der Waals surface area contributed by atoms with Gasteiger partial charge in [0.2, 0.25) is 0 Å². The summed E-state index contributed by atoms with van der Waals surface area (Å²) in [5, 5.41) is 0.431. The molecular weight excluding hydrogens is 450 g/mol. The maximum absolute atomic E-state index is 13.1. The van der Waals surface area contributed by atoms with E-state index in [2.05, 4.69) is 4.98 Å². The lowest BCUT2D eigenvalue weighted by atomic mass is 10.1. The molecule has 3 aromatic carbocycles. The van der Waals surface area contributed by atoms with Crippen molar-refractivity contribution in [3.8, 4) is 0 Å². The average Bonchev–Trinajstić information content (AvgIpc) is 3.09. The Hall–Kier alpha value is -2.94. The molecule has 0 fully saturated rings. The maximum atomic E-state index is 13.1. The first-order valence-electron chi connectivity index (χ1n) is 9.51. The molecule has 0 aliphatic rings. The van der Waals surface area contributed by atoms with E-state index in [9.17, 15) is 26.3 Å². The van der Waals surface area contributed by atoms with Crippen molar-refractivity contribution in [3.05, 3.63) is 95.1 Å². The molecule has 0 aliphatic carbocycles. The SMILES string of the molecule is FC(F)(F)c1cccc(CSc2nc3cc(C(F)(F)F)ccc3n2Cc2ccccc2)c1. The number of hydrogen-bond acceptors (Lipinski definition) is 2. The van der Waals surface area contributed by atoms with E-state index < -0.39 is 23.5 Å². The second-order valence-electron chi connectivity index (χ2n) is 7.15. The van der Waals surface area contributed by atoms with E-state index in [1.54, 1.807) is 10.6 Å². The molecule has 1 aromatic heterocycles. The van der Waals surface area contributed by atoms with Crippen molar-refractivity contribution in [1.29, 1.82) is 0 Å². The number of halogens is 6. The Balaban J connectivity index is 1.69. The topological polar surface area (TPSA) is 17.8 Å². The number of benzene rings is 3. The third-order valence-electron chi connectivity index (χ3n) is 4.85. The molecule has 0 atom stereocenters. The Morgan fingerprint density at radius 3 is 2.06 bits per heavy atom. The fourth-order valence-corrected chi connectivity index (χ4v) is 4.26. The summed E-state index contributed by atoms with van der Waals surface area (Å²) >= 11 is 1.18. The third-order valence-corrected chi connectivity index (χ3v) is 5.89. The van der Waals surface area contributed by atoms with Crippen molar-refractivity contribution in [1.82, 2.24) is 9.55 Å². The highest BCUT2D eigenvalue weighted by Gasteiger charge is 2.32. The van der Waals surface area contributed by atoms with Gasteiger partial charge in [0.1, 0.15) is 0 Å². The predicted molar refractivity (Wildman–Crippen MR) is 111 cm³/mol. The summed E-state index contributed by atoms with van der Waals surface area (Å²) in [5.74, 6) is 0.189. The van der Waals surface area contributed by atoms with Crippen LogP contribution in [0.3, 0.4) is 0 Å². The molecular formula is C23H16F6N2S. The Morgan fingerprint density at radius 2 is 1.38 bits per heavy atom. The third kappa shape index (κ3) is 4.93. The quantitative estimate of drug-likeness (QED) is 0.225. The Kier molecular flexibility index (Phi) is 5.94. The van der Waals surface area contributed by atoms with Crippen LogP contribution < -0.4 is 0 Å². The summed E-state index contributed by atoms with van der Waals surface area (Å²) in [6.45, 7) is 0.369. The fraction of sp³-hybridized carbons (Fsp3) is 0.174. The van der Waals surface area contributed by atoms with Crippen LogP contribution in [-0.2, 0) is 24.7 Å². The van der Waals surface area contributed by atoms with E-state index in [1.807, 2.05) is 30.3 Å². The van der Waals surface area contributed by atoms with Crippen LogP contribution in [0.4, 0.5) is 26.3 Å². The molecule has 1 heterocycles. The summed E-state index contributed by atoms with van der Waals surface area (Å²) in [4.78, 5) is 4.37. The standard InChI is InChI=1S/C23H16F6N2S/c24-22(25,26)17-8-4-7-16(11-17)14-32-21-30-19-12-18(23(27,28)29)9-10-20(19)31(21)13-15-5-2-1-3-6-15/h1-12H,13-14H2. The second kappa shape index (κ2) is 8.54. The predicted octanol–water partition coefficient (Wildman–Crippen LogP) is 7.41. The van der Waals surface area contributed by atoms with Gasteiger partial charge < -0.3 is 4.57 Å². The highest BCUT2D eigenvalue weighted by atomic mass is 32.2. The molecule has 0 saturated carbocycles. The summed E-state index contributed by atoms with van der Waals surface area (Å²) in [7, 11) is 0. The molecule has 32 heavy (non-hydrogen) atoms. The van der Waals surface area contributed by atoms with Crippen LogP contribution in [0.5, 0.6) is 0 Å². The van der Waals surface area contributed by atoms with Crippen LogP contribution in [0.25, 0.3) is 11.0 Å². The number of hydrogen-bond donors (Lipinski definition) is 0. The van der Waals surface area contributed by atoms with Gasteiger partial charge in [-0.15, -0.1) is 0 Å². The number of thioether (sulfide) groups is 1. The van der Waals surface area contributed by atoms with Gasteiger partial charge in [0.15, 0.2) is 5.16 Å². The van der Waals surface area contributed by atoms with Crippen molar-refractivity contribution >= 4 is 22.8 Å². The van der Waals surface area contributed by atoms with E-state index in [-0.39, 0.29) is 11.3 Å². The van der Waals surface area contributed by atoms with E-state index in [1.165, 1.54) is 23.9 Å². The van der Waals surface area contributed by atoms with Gasteiger partial charge in [0.05, 0.1) is 28.7 Å². The molecule has 4 rings (SSSR count). The molecule has 0 bridgehead atoms. The Morgan fingerprint density at radius 1 is 0.719 bits per heavy atom. The zero-order chi connectivity index (χ0) is 22.9. The van der Waals surface area contributed by atoms with Crippen LogP contribution in [-0.4, -0.2) is 9.55 Å². The van der Waals surface area contributed by atoms with Crippen LogP contribution in [0.15, 0.2) is 78.0 Å². The minimum atomic E-state index is -4.50.